The fraction of sp³-hybridized carbons (Fsp3) is 0.538. The van der Waals surface area contributed by atoms with E-state index in [0.717, 1.165) is 32.1 Å². The number of benzene rings is 1. The predicted octanol–water partition coefficient (Wildman–Crippen LogP) is 1.68. The highest BCUT2D eigenvalue weighted by molar-refractivity contribution is 5.25. The SMILES string of the molecule is OCCCc1ccc(CC2(O)CC2)cc1. The van der Waals surface area contributed by atoms with Crippen LogP contribution >= 0.6 is 0 Å². The van der Waals surface area contributed by atoms with Crippen LogP contribution in [0.5, 0.6) is 0 Å². The first kappa shape index (κ1) is 10.7. The summed E-state index contributed by atoms with van der Waals surface area (Å²) in [5.74, 6) is 0. The van der Waals surface area contributed by atoms with E-state index in [9.17, 15) is 5.11 Å². The molecule has 1 aromatic carbocycles. The van der Waals surface area contributed by atoms with Crippen molar-refractivity contribution in [1.29, 1.82) is 0 Å². The smallest absolute Gasteiger partial charge is 0.0690 e. The molecule has 1 fully saturated rings. The molecule has 0 radical (unpaired) electrons. The molecule has 2 heteroatoms. The standard InChI is InChI=1S/C13H18O2/c14-9-1-2-11-3-5-12(6-4-11)10-13(15)7-8-13/h3-6,14-15H,1-2,7-10H2. The Balaban J connectivity index is 1.91. The summed E-state index contributed by atoms with van der Waals surface area (Å²) < 4.78 is 0. The molecule has 0 heterocycles. The van der Waals surface area contributed by atoms with Crippen LogP contribution < -0.4 is 0 Å². The molecule has 0 unspecified atom stereocenters. The van der Waals surface area contributed by atoms with Crippen LogP contribution in [0.25, 0.3) is 0 Å². The summed E-state index contributed by atoms with van der Waals surface area (Å²) in [6.45, 7) is 0.251. The average Bonchev–Trinajstić information content (AvgIpc) is 2.95. The van der Waals surface area contributed by atoms with E-state index in [2.05, 4.69) is 24.3 Å². The summed E-state index contributed by atoms with van der Waals surface area (Å²) >= 11 is 0. The molecule has 0 saturated heterocycles. The zero-order chi connectivity index (χ0) is 10.7. The van der Waals surface area contributed by atoms with Crippen LogP contribution in [0.15, 0.2) is 24.3 Å². The third kappa shape index (κ3) is 3.05. The van der Waals surface area contributed by atoms with Crippen LogP contribution in [0.2, 0.25) is 0 Å². The van der Waals surface area contributed by atoms with Crippen molar-refractivity contribution in [2.45, 2.75) is 37.7 Å². The Labute approximate surface area is 90.6 Å². The van der Waals surface area contributed by atoms with Gasteiger partial charge < -0.3 is 10.2 Å². The lowest BCUT2D eigenvalue weighted by atomic mass is 10.0. The first-order chi connectivity index (χ1) is 7.22. The molecular weight excluding hydrogens is 188 g/mol. The second-order valence-electron chi connectivity index (χ2n) is 4.54. The van der Waals surface area contributed by atoms with Crippen molar-refractivity contribution in [2.24, 2.45) is 0 Å². The van der Waals surface area contributed by atoms with E-state index in [0.29, 0.717) is 0 Å². The molecule has 2 rings (SSSR count). The van der Waals surface area contributed by atoms with Gasteiger partial charge in [-0.3, -0.25) is 0 Å². The lowest BCUT2D eigenvalue weighted by Crippen LogP contribution is -2.10. The zero-order valence-corrected chi connectivity index (χ0v) is 8.95. The third-order valence-electron chi connectivity index (χ3n) is 3.01. The van der Waals surface area contributed by atoms with Crippen molar-refractivity contribution in [2.75, 3.05) is 6.61 Å². The number of hydrogen-bond donors (Lipinski definition) is 2. The molecule has 0 aromatic heterocycles. The number of aliphatic hydroxyl groups is 2. The van der Waals surface area contributed by atoms with E-state index in [-0.39, 0.29) is 6.61 Å². The minimum atomic E-state index is -0.396. The fourth-order valence-electron chi connectivity index (χ4n) is 1.81. The van der Waals surface area contributed by atoms with Gasteiger partial charge in [0, 0.05) is 13.0 Å². The summed E-state index contributed by atoms with van der Waals surface area (Å²) in [4.78, 5) is 0. The third-order valence-corrected chi connectivity index (χ3v) is 3.01. The summed E-state index contributed by atoms with van der Waals surface area (Å²) in [5.41, 5.74) is 2.07. The maximum Gasteiger partial charge on any atom is 0.0690 e. The molecule has 1 aliphatic rings. The molecule has 1 saturated carbocycles. The fourth-order valence-corrected chi connectivity index (χ4v) is 1.81. The molecule has 0 amide bonds. The highest BCUT2D eigenvalue weighted by Gasteiger charge is 2.39. The van der Waals surface area contributed by atoms with E-state index in [1.807, 2.05) is 0 Å². The van der Waals surface area contributed by atoms with Gasteiger partial charge in [0.05, 0.1) is 5.60 Å². The van der Waals surface area contributed by atoms with Gasteiger partial charge in [-0.2, -0.15) is 0 Å². The van der Waals surface area contributed by atoms with Gasteiger partial charge in [0.1, 0.15) is 0 Å². The summed E-state index contributed by atoms with van der Waals surface area (Å²) in [7, 11) is 0. The Morgan fingerprint density at radius 1 is 1.07 bits per heavy atom. The van der Waals surface area contributed by atoms with Crippen molar-refractivity contribution in [3.8, 4) is 0 Å². The van der Waals surface area contributed by atoms with Gasteiger partial charge in [-0.1, -0.05) is 24.3 Å². The van der Waals surface area contributed by atoms with Gasteiger partial charge in [0.15, 0.2) is 0 Å². The van der Waals surface area contributed by atoms with E-state index < -0.39 is 5.60 Å². The predicted molar refractivity (Wildman–Crippen MR) is 59.7 cm³/mol. The molecule has 15 heavy (non-hydrogen) atoms. The van der Waals surface area contributed by atoms with E-state index in [1.165, 1.54) is 11.1 Å². The van der Waals surface area contributed by atoms with E-state index >= 15 is 0 Å². The Morgan fingerprint density at radius 3 is 2.20 bits per heavy atom. The maximum absolute atomic E-state index is 9.76. The first-order valence-electron chi connectivity index (χ1n) is 5.63. The Bertz CT molecular complexity index is 312. The minimum Gasteiger partial charge on any atom is -0.396 e. The lowest BCUT2D eigenvalue weighted by molar-refractivity contribution is 0.151. The summed E-state index contributed by atoms with van der Waals surface area (Å²) in [6, 6.07) is 8.36. The Morgan fingerprint density at radius 2 is 1.67 bits per heavy atom. The van der Waals surface area contributed by atoms with Crippen LogP contribution in [0.4, 0.5) is 0 Å². The number of hydrogen-bond acceptors (Lipinski definition) is 2. The quantitative estimate of drug-likeness (QED) is 0.769. The normalized spacial score (nSPS) is 17.7. The van der Waals surface area contributed by atoms with Gasteiger partial charge in [-0.25, -0.2) is 0 Å². The second-order valence-corrected chi connectivity index (χ2v) is 4.54. The zero-order valence-electron chi connectivity index (χ0n) is 8.95. The molecule has 0 aliphatic heterocycles. The summed E-state index contributed by atoms with van der Waals surface area (Å²) in [5, 5.41) is 18.5. The molecule has 82 valence electrons. The lowest BCUT2D eigenvalue weighted by Gasteiger charge is -2.08. The van der Waals surface area contributed by atoms with Crippen molar-refractivity contribution >= 4 is 0 Å². The molecular formula is C13H18O2. The second kappa shape index (κ2) is 4.33. The van der Waals surface area contributed by atoms with E-state index in [1.54, 1.807) is 0 Å². The average molecular weight is 206 g/mol. The highest BCUT2D eigenvalue weighted by Crippen LogP contribution is 2.38. The molecule has 1 aliphatic carbocycles. The Kier molecular flexibility index (Phi) is 3.08. The molecule has 1 aromatic rings. The van der Waals surface area contributed by atoms with E-state index in [4.69, 9.17) is 5.11 Å². The first-order valence-corrected chi connectivity index (χ1v) is 5.63. The monoisotopic (exact) mass is 206 g/mol. The molecule has 2 nitrogen and oxygen atoms in total. The van der Waals surface area contributed by atoms with Crippen LogP contribution in [0, 0.1) is 0 Å². The number of aliphatic hydroxyl groups excluding tert-OH is 1. The van der Waals surface area contributed by atoms with Crippen LogP contribution in [0.1, 0.15) is 30.4 Å². The van der Waals surface area contributed by atoms with Crippen LogP contribution in [-0.4, -0.2) is 22.4 Å². The largest absolute Gasteiger partial charge is 0.396 e. The summed E-state index contributed by atoms with van der Waals surface area (Å²) in [6.07, 6.45) is 4.43. The topological polar surface area (TPSA) is 40.5 Å². The van der Waals surface area contributed by atoms with Gasteiger partial charge in [0.25, 0.3) is 0 Å². The molecule has 0 spiro atoms. The van der Waals surface area contributed by atoms with Crippen molar-refractivity contribution in [3.05, 3.63) is 35.4 Å². The maximum atomic E-state index is 9.76. The molecule has 2 N–H and O–H groups in total. The number of rotatable bonds is 5. The molecule has 0 atom stereocenters. The van der Waals surface area contributed by atoms with Crippen molar-refractivity contribution in [3.63, 3.8) is 0 Å². The van der Waals surface area contributed by atoms with Crippen LogP contribution in [-0.2, 0) is 12.8 Å². The van der Waals surface area contributed by atoms with Gasteiger partial charge >= 0.3 is 0 Å². The van der Waals surface area contributed by atoms with Gasteiger partial charge in [-0.05, 0) is 36.8 Å². The van der Waals surface area contributed by atoms with Gasteiger partial charge in [0.2, 0.25) is 0 Å². The van der Waals surface area contributed by atoms with Gasteiger partial charge in [-0.15, -0.1) is 0 Å². The number of aryl methyl sites for hydroxylation is 1. The Hall–Kier alpha value is -0.860. The van der Waals surface area contributed by atoms with Crippen molar-refractivity contribution < 1.29 is 10.2 Å². The van der Waals surface area contributed by atoms with Crippen molar-refractivity contribution in [1.82, 2.24) is 0 Å². The highest BCUT2D eigenvalue weighted by atomic mass is 16.3. The van der Waals surface area contributed by atoms with Crippen LogP contribution in [0.3, 0.4) is 0 Å². The molecule has 0 bridgehead atoms. The minimum absolute atomic E-state index is 0.251.